The molecule has 1 N–H and O–H groups in total. The van der Waals surface area contributed by atoms with Crippen LogP contribution in [0, 0.1) is 5.41 Å². The first-order valence-electron chi connectivity index (χ1n) is 5.42. The normalized spacial score (nSPS) is 20.4. The highest BCUT2D eigenvalue weighted by molar-refractivity contribution is 5.77. The van der Waals surface area contributed by atoms with Gasteiger partial charge in [-0.05, 0) is 18.3 Å². The Bertz CT molecular complexity index is 186. The van der Waals surface area contributed by atoms with Gasteiger partial charge in [0.05, 0.1) is 0 Å². The zero-order valence-electron chi connectivity index (χ0n) is 9.27. The van der Waals surface area contributed by atoms with Gasteiger partial charge in [-0.25, -0.2) is 0 Å². The van der Waals surface area contributed by atoms with Crippen LogP contribution in [0.2, 0.25) is 0 Å². The Morgan fingerprint density at radius 1 is 1.36 bits per heavy atom. The summed E-state index contributed by atoms with van der Waals surface area (Å²) in [6, 6.07) is 0. The molecule has 0 aromatic heterocycles. The summed E-state index contributed by atoms with van der Waals surface area (Å²) in [6.45, 7) is 3.24. The number of rotatable bonds is 4. The van der Waals surface area contributed by atoms with E-state index < -0.39 is 0 Å². The van der Waals surface area contributed by atoms with Crippen LogP contribution in [0.25, 0.3) is 0 Å². The van der Waals surface area contributed by atoms with Gasteiger partial charge in [0.2, 0.25) is 5.91 Å². The molecule has 0 spiro atoms. The lowest BCUT2D eigenvalue weighted by molar-refractivity contribution is -0.125. The second-order valence-electron chi connectivity index (χ2n) is 4.58. The quantitative estimate of drug-likeness (QED) is 0.748. The average Bonchev–Trinajstić information content (AvgIpc) is 2.17. The number of carbonyl (C=O) groups excluding carboxylic acids is 1. The first kappa shape index (κ1) is 11.5. The Labute approximate surface area is 86.2 Å². The number of hydrogen-bond donors (Lipinski definition) is 1. The van der Waals surface area contributed by atoms with Crippen LogP contribution < -0.4 is 5.32 Å². The molecule has 0 bridgehead atoms. The highest BCUT2D eigenvalue weighted by atomic mass is 16.5. The topological polar surface area (TPSA) is 38.3 Å². The zero-order valence-corrected chi connectivity index (χ0v) is 9.27. The van der Waals surface area contributed by atoms with E-state index in [-0.39, 0.29) is 12.5 Å². The molecule has 0 aromatic rings. The number of methoxy groups -OCH3 is 1. The monoisotopic (exact) mass is 199 g/mol. The van der Waals surface area contributed by atoms with Crippen LogP contribution in [0.15, 0.2) is 0 Å². The maximum absolute atomic E-state index is 11.2. The van der Waals surface area contributed by atoms with Gasteiger partial charge in [0.1, 0.15) is 6.61 Å². The second-order valence-corrected chi connectivity index (χ2v) is 4.58. The molecule has 0 aromatic carbocycles. The molecule has 1 aliphatic carbocycles. The molecule has 1 rings (SSSR count). The van der Waals surface area contributed by atoms with E-state index in [9.17, 15) is 4.79 Å². The van der Waals surface area contributed by atoms with Gasteiger partial charge in [0.15, 0.2) is 0 Å². The largest absolute Gasteiger partial charge is 0.375 e. The standard InChI is InChI=1S/C11H21NO2/c1-11(6-4-3-5-7-11)9-12-10(13)8-14-2/h3-9H2,1-2H3,(H,12,13). The van der Waals surface area contributed by atoms with E-state index in [4.69, 9.17) is 4.74 Å². The summed E-state index contributed by atoms with van der Waals surface area (Å²) in [5, 5.41) is 2.93. The number of amides is 1. The van der Waals surface area contributed by atoms with Crippen LogP contribution in [0.3, 0.4) is 0 Å². The van der Waals surface area contributed by atoms with E-state index in [0.717, 1.165) is 6.54 Å². The Morgan fingerprint density at radius 3 is 2.57 bits per heavy atom. The number of hydrogen-bond acceptors (Lipinski definition) is 2. The fourth-order valence-corrected chi connectivity index (χ4v) is 2.08. The summed E-state index contributed by atoms with van der Waals surface area (Å²) >= 11 is 0. The van der Waals surface area contributed by atoms with Crippen molar-refractivity contribution in [3.63, 3.8) is 0 Å². The summed E-state index contributed by atoms with van der Waals surface area (Å²) in [6.07, 6.45) is 6.43. The number of nitrogens with one attached hydrogen (secondary N) is 1. The van der Waals surface area contributed by atoms with E-state index in [1.807, 2.05) is 0 Å². The van der Waals surface area contributed by atoms with Crippen LogP contribution in [-0.2, 0) is 9.53 Å². The molecule has 1 amide bonds. The molecule has 0 atom stereocenters. The first-order chi connectivity index (χ1) is 6.66. The highest BCUT2D eigenvalue weighted by Gasteiger charge is 2.26. The van der Waals surface area contributed by atoms with Gasteiger partial charge in [0.25, 0.3) is 0 Å². The molecule has 0 saturated heterocycles. The third-order valence-corrected chi connectivity index (χ3v) is 3.05. The fraction of sp³-hybridized carbons (Fsp3) is 0.909. The number of ether oxygens (including phenoxy) is 1. The Kier molecular flexibility index (Phi) is 4.39. The van der Waals surface area contributed by atoms with E-state index in [2.05, 4.69) is 12.2 Å². The van der Waals surface area contributed by atoms with Crippen molar-refractivity contribution < 1.29 is 9.53 Å². The van der Waals surface area contributed by atoms with Gasteiger partial charge in [-0.2, -0.15) is 0 Å². The van der Waals surface area contributed by atoms with Gasteiger partial charge in [-0.1, -0.05) is 26.2 Å². The summed E-state index contributed by atoms with van der Waals surface area (Å²) in [7, 11) is 1.54. The first-order valence-corrected chi connectivity index (χ1v) is 5.42. The van der Waals surface area contributed by atoms with Crippen LogP contribution in [0.1, 0.15) is 39.0 Å². The van der Waals surface area contributed by atoms with Crippen molar-refractivity contribution in [2.45, 2.75) is 39.0 Å². The molecule has 82 valence electrons. The van der Waals surface area contributed by atoms with Crippen LogP contribution >= 0.6 is 0 Å². The van der Waals surface area contributed by atoms with Gasteiger partial charge >= 0.3 is 0 Å². The maximum Gasteiger partial charge on any atom is 0.246 e. The van der Waals surface area contributed by atoms with Crippen molar-refractivity contribution >= 4 is 5.91 Å². The average molecular weight is 199 g/mol. The van der Waals surface area contributed by atoms with E-state index >= 15 is 0 Å². The molecule has 3 nitrogen and oxygen atoms in total. The summed E-state index contributed by atoms with van der Waals surface area (Å²) in [5.41, 5.74) is 0.321. The van der Waals surface area contributed by atoms with E-state index in [1.54, 1.807) is 7.11 Å². The molecule has 14 heavy (non-hydrogen) atoms. The van der Waals surface area contributed by atoms with Gasteiger partial charge < -0.3 is 10.1 Å². The minimum atomic E-state index is -0.000650. The fourth-order valence-electron chi connectivity index (χ4n) is 2.08. The molecule has 0 unspecified atom stereocenters. The predicted octanol–water partition coefficient (Wildman–Crippen LogP) is 1.72. The minimum Gasteiger partial charge on any atom is -0.375 e. The lowest BCUT2D eigenvalue weighted by Crippen LogP contribution is -2.38. The second kappa shape index (κ2) is 5.35. The van der Waals surface area contributed by atoms with Crippen LogP contribution in [0.5, 0.6) is 0 Å². The smallest absolute Gasteiger partial charge is 0.246 e. The van der Waals surface area contributed by atoms with Crippen LogP contribution in [-0.4, -0.2) is 26.2 Å². The molecular formula is C11H21NO2. The van der Waals surface area contributed by atoms with E-state index in [1.165, 1.54) is 32.1 Å². The van der Waals surface area contributed by atoms with Crippen molar-refractivity contribution in [2.24, 2.45) is 5.41 Å². The van der Waals surface area contributed by atoms with E-state index in [0.29, 0.717) is 5.41 Å². The molecule has 1 saturated carbocycles. The van der Waals surface area contributed by atoms with Gasteiger partial charge in [0, 0.05) is 13.7 Å². The summed E-state index contributed by atoms with van der Waals surface area (Å²) in [4.78, 5) is 11.2. The SMILES string of the molecule is COCC(=O)NCC1(C)CCCCC1. The summed E-state index contributed by atoms with van der Waals surface area (Å²) in [5.74, 6) is -0.000650. The number of carbonyl (C=O) groups is 1. The van der Waals surface area contributed by atoms with Gasteiger partial charge in [-0.15, -0.1) is 0 Å². The minimum absolute atomic E-state index is 0.000650. The Hall–Kier alpha value is -0.570. The molecule has 0 heterocycles. The summed E-state index contributed by atoms with van der Waals surface area (Å²) < 4.78 is 4.76. The highest BCUT2D eigenvalue weighted by Crippen LogP contribution is 2.34. The van der Waals surface area contributed by atoms with Crippen molar-refractivity contribution in [1.29, 1.82) is 0 Å². The van der Waals surface area contributed by atoms with Crippen molar-refractivity contribution in [3.05, 3.63) is 0 Å². The van der Waals surface area contributed by atoms with Crippen molar-refractivity contribution in [3.8, 4) is 0 Å². The zero-order chi connectivity index (χ0) is 10.4. The molecule has 0 aliphatic heterocycles. The molecule has 1 fully saturated rings. The van der Waals surface area contributed by atoms with Gasteiger partial charge in [-0.3, -0.25) is 4.79 Å². The Balaban J connectivity index is 2.24. The maximum atomic E-state index is 11.2. The third-order valence-electron chi connectivity index (χ3n) is 3.05. The van der Waals surface area contributed by atoms with Crippen LogP contribution in [0.4, 0.5) is 0 Å². The van der Waals surface area contributed by atoms with Crippen molar-refractivity contribution in [2.75, 3.05) is 20.3 Å². The third kappa shape index (κ3) is 3.66. The molecular weight excluding hydrogens is 178 g/mol. The lowest BCUT2D eigenvalue weighted by Gasteiger charge is -2.33. The lowest BCUT2D eigenvalue weighted by atomic mass is 9.76. The molecule has 0 radical (unpaired) electrons. The molecule has 3 heteroatoms. The predicted molar refractivity (Wildman–Crippen MR) is 56.1 cm³/mol. The molecule has 1 aliphatic rings. The Morgan fingerprint density at radius 2 is 2.00 bits per heavy atom. The van der Waals surface area contributed by atoms with Crippen molar-refractivity contribution in [1.82, 2.24) is 5.32 Å².